The lowest BCUT2D eigenvalue weighted by molar-refractivity contribution is -0.114. The Labute approximate surface area is 108 Å². The molecule has 17 heavy (non-hydrogen) atoms. The van der Waals surface area contributed by atoms with E-state index in [-0.39, 0.29) is 11.5 Å². The van der Waals surface area contributed by atoms with E-state index in [9.17, 15) is 9.90 Å². The fourth-order valence-corrected chi connectivity index (χ4v) is 1.58. The van der Waals surface area contributed by atoms with Gasteiger partial charge in [0.1, 0.15) is 0 Å². The van der Waals surface area contributed by atoms with Crippen LogP contribution in [-0.2, 0) is 4.79 Å². The number of ether oxygens (including phenoxy) is 1. The number of halogens is 1. The summed E-state index contributed by atoms with van der Waals surface area (Å²) in [4.78, 5) is 11.1. The summed E-state index contributed by atoms with van der Waals surface area (Å²) >= 11 is 3.22. The molecule has 4 nitrogen and oxygen atoms in total. The Kier molecular flexibility index (Phi) is 5.03. The number of nitrogens with two attached hydrogens (primary N) is 1. The number of aromatic hydroxyl groups is 1. The molecule has 1 aromatic rings. The van der Waals surface area contributed by atoms with E-state index in [1.165, 1.54) is 12.3 Å². The summed E-state index contributed by atoms with van der Waals surface area (Å²) in [5.41, 5.74) is 5.59. The molecule has 0 aliphatic carbocycles. The summed E-state index contributed by atoms with van der Waals surface area (Å²) in [5.74, 6) is -0.234. The normalized spacial score (nSPS) is 11.3. The first-order valence-electron chi connectivity index (χ1n) is 5.18. The zero-order chi connectivity index (χ0) is 12.8. The Bertz CT molecular complexity index is 443. The van der Waals surface area contributed by atoms with Crippen molar-refractivity contribution in [3.05, 3.63) is 34.5 Å². The van der Waals surface area contributed by atoms with Gasteiger partial charge in [0.25, 0.3) is 0 Å². The molecule has 0 unspecified atom stereocenters. The smallest absolute Gasteiger partial charge is 0.247 e. The second-order valence-corrected chi connectivity index (χ2v) is 4.40. The fraction of sp³-hybridized carbons (Fsp3) is 0.250. The van der Waals surface area contributed by atoms with Crippen molar-refractivity contribution < 1.29 is 14.6 Å². The van der Waals surface area contributed by atoms with E-state index in [1.54, 1.807) is 12.1 Å². The maximum absolute atomic E-state index is 11.1. The van der Waals surface area contributed by atoms with E-state index >= 15 is 0 Å². The molecule has 5 heteroatoms. The average Bonchev–Trinajstić information content (AvgIpc) is 2.25. The minimum Gasteiger partial charge on any atom is -0.504 e. The number of amides is 1. The van der Waals surface area contributed by atoms with Crippen molar-refractivity contribution in [2.45, 2.75) is 19.8 Å². The van der Waals surface area contributed by atoms with Gasteiger partial charge in [-0.25, -0.2) is 0 Å². The molecule has 92 valence electrons. The van der Waals surface area contributed by atoms with Crippen molar-refractivity contribution in [1.82, 2.24) is 0 Å². The highest BCUT2D eigenvalue weighted by Crippen LogP contribution is 2.29. The molecule has 0 radical (unpaired) electrons. The molecule has 0 saturated carbocycles. The predicted octanol–water partition coefficient (Wildman–Crippen LogP) is 2.70. The molecule has 1 rings (SSSR count). The van der Waals surface area contributed by atoms with E-state index in [1.807, 2.05) is 6.92 Å². The van der Waals surface area contributed by atoms with Crippen molar-refractivity contribution in [2.24, 2.45) is 5.73 Å². The van der Waals surface area contributed by atoms with Crippen LogP contribution in [0.5, 0.6) is 11.5 Å². The van der Waals surface area contributed by atoms with E-state index < -0.39 is 5.91 Å². The van der Waals surface area contributed by atoms with Gasteiger partial charge in [-0.3, -0.25) is 4.79 Å². The number of primary amides is 1. The molecular formula is C12H14BrNO3. The number of benzene rings is 1. The third-order valence-corrected chi connectivity index (χ3v) is 2.58. The van der Waals surface area contributed by atoms with Crippen LogP contribution in [0.25, 0.3) is 0 Å². The molecule has 0 aliphatic rings. The molecule has 0 aromatic heterocycles. The molecule has 0 atom stereocenters. The third-order valence-electron chi connectivity index (χ3n) is 2.08. The zero-order valence-electron chi connectivity index (χ0n) is 9.44. The van der Waals surface area contributed by atoms with Crippen molar-refractivity contribution in [3.8, 4) is 11.5 Å². The Hall–Kier alpha value is -1.49. The SMILES string of the molecule is CCCC(=COc1ccc(Br)cc1O)C(N)=O. The van der Waals surface area contributed by atoms with Crippen LogP contribution in [0.15, 0.2) is 34.5 Å². The topological polar surface area (TPSA) is 72.6 Å². The molecule has 1 amide bonds. The van der Waals surface area contributed by atoms with Gasteiger partial charge in [-0.05, 0) is 24.6 Å². The summed E-state index contributed by atoms with van der Waals surface area (Å²) in [6.45, 7) is 1.94. The minimum atomic E-state index is -0.511. The van der Waals surface area contributed by atoms with Crippen molar-refractivity contribution in [1.29, 1.82) is 0 Å². The second kappa shape index (κ2) is 6.30. The van der Waals surface area contributed by atoms with Gasteiger partial charge >= 0.3 is 0 Å². The molecule has 3 N–H and O–H groups in total. The first-order chi connectivity index (χ1) is 8.04. The Morgan fingerprint density at radius 2 is 2.29 bits per heavy atom. The van der Waals surface area contributed by atoms with Gasteiger partial charge < -0.3 is 15.6 Å². The molecule has 0 fully saturated rings. The number of phenols is 1. The van der Waals surface area contributed by atoms with Crippen molar-refractivity contribution >= 4 is 21.8 Å². The molecule has 0 bridgehead atoms. The van der Waals surface area contributed by atoms with Gasteiger partial charge in [-0.15, -0.1) is 0 Å². The average molecular weight is 300 g/mol. The number of carbonyl (C=O) groups excluding carboxylic acids is 1. The quantitative estimate of drug-likeness (QED) is 0.648. The lowest BCUT2D eigenvalue weighted by atomic mass is 10.1. The van der Waals surface area contributed by atoms with Gasteiger partial charge in [0, 0.05) is 4.47 Å². The number of carbonyl (C=O) groups is 1. The maximum Gasteiger partial charge on any atom is 0.247 e. The van der Waals surface area contributed by atoms with E-state index in [4.69, 9.17) is 10.5 Å². The van der Waals surface area contributed by atoms with Crippen molar-refractivity contribution in [2.75, 3.05) is 0 Å². The fourth-order valence-electron chi connectivity index (χ4n) is 1.23. The lowest BCUT2D eigenvalue weighted by Gasteiger charge is -2.05. The summed E-state index contributed by atoms with van der Waals surface area (Å²) in [6.07, 6.45) is 2.63. The van der Waals surface area contributed by atoms with Gasteiger partial charge in [0.05, 0.1) is 11.8 Å². The second-order valence-electron chi connectivity index (χ2n) is 3.49. The largest absolute Gasteiger partial charge is 0.504 e. The van der Waals surface area contributed by atoms with Crippen LogP contribution >= 0.6 is 15.9 Å². The van der Waals surface area contributed by atoms with Gasteiger partial charge in [0.2, 0.25) is 5.91 Å². The van der Waals surface area contributed by atoms with Crippen molar-refractivity contribution in [3.63, 3.8) is 0 Å². The van der Waals surface area contributed by atoms with Gasteiger partial charge in [-0.2, -0.15) is 0 Å². The lowest BCUT2D eigenvalue weighted by Crippen LogP contribution is -2.14. The molecule has 0 spiro atoms. The van der Waals surface area contributed by atoms with E-state index in [0.29, 0.717) is 12.0 Å². The molecule has 1 aromatic carbocycles. The highest BCUT2D eigenvalue weighted by molar-refractivity contribution is 9.10. The summed E-state index contributed by atoms with van der Waals surface area (Å²) in [6, 6.07) is 4.83. The molecular weight excluding hydrogens is 286 g/mol. The van der Waals surface area contributed by atoms with Crippen LogP contribution < -0.4 is 10.5 Å². The van der Waals surface area contributed by atoms with E-state index in [0.717, 1.165) is 10.9 Å². The Balaban J connectivity index is 2.83. The summed E-state index contributed by atoms with van der Waals surface area (Å²) < 4.78 is 5.98. The predicted molar refractivity (Wildman–Crippen MR) is 68.6 cm³/mol. The third kappa shape index (κ3) is 4.11. The summed E-state index contributed by atoms with van der Waals surface area (Å²) in [5, 5.41) is 9.57. The van der Waals surface area contributed by atoms with Gasteiger partial charge in [0.15, 0.2) is 11.5 Å². The zero-order valence-corrected chi connectivity index (χ0v) is 11.0. The van der Waals surface area contributed by atoms with Crippen LogP contribution in [0, 0.1) is 0 Å². The van der Waals surface area contributed by atoms with E-state index in [2.05, 4.69) is 15.9 Å². The monoisotopic (exact) mass is 299 g/mol. The van der Waals surface area contributed by atoms with Crippen LogP contribution in [-0.4, -0.2) is 11.0 Å². The molecule has 0 heterocycles. The van der Waals surface area contributed by atoms with Crippen LogP contribution in [0.1, 0.15) is 19.8 Å². The first kappa shape index (κ1) is 13.6. The Morgan fingerprint density at radius 1 is 1.59 bits per heavy atom. The number of rotatable bonds is 5. The van der Waals surface area contributed by atoms with Crippen LogP contribution in [0.4, 0.5) is 0 Å². The molecule has 0 aliphatic heterocycles. The van der Waals surface area contributed by atoms with Gasteiger partial charge in [-0.1, -0.05) is 29.3 Å². The standard InChI is InChI=1S/C12H14BrNO3/c1-2-3-8(12(14)16)7-17-11-5-4-9(13)6-10(11)15/h4-7,15H,2-3H2,1H3,(H2,14,16). The van der Waals surface area contributed by atoms with Crippen LogP contribution in [0.2, 0.25) is 0 Å². The highest BCUT2D eigenvalue weighted by atomic mass is 79.9. The highest BCUT2D eigenvalue weighted by Gasteiger charge is 2.06. The number of hydrogen-bond donors (Lipinski definition) is 2. The summed E-state index contributed by atoms with van der Waals surface area (Å²) in [7, 11) is 0. The maximum atomic E-state index is 11.1. The number of phenolic OH excluding ortho intramolecular Hbond substituents is 1. The minimum absolute atomic E-state index is 0.00376. The number of hydrogen-bond acceptors (Lipinski definition) is 3. The van der Waals surface area contributed by atoms with Crippen LogP contribution in [0.3, 0.4) is 0 Å². The Morgan fingerprint density at radius 3 is 2.82 bits per heavy atom. The first-order valence-corrected chi connectivity index (χ1v) is 5.98. The molecule has 0 saturated heterocycles.